The first-order valence-electron chi connectivity index (χ1n) is 6.11. The maximum absolute atomic E-state index is 12.2. The molecule has 0 spiro atoms. The van der Waals surface area contributed by atoms with Crippen molar-refractivity contribution in [2.24, 2.45) is 5.73 Å². The molecule has 0 aromatic heterocycles. The van der Waals surface area contributed by atoms with E-state index in [1.165, 1.54) is 24.2 Å². The zero-order chi connectivity index (χ0) is 15.3. The van der Waals surface area contributed by atoms with Crippen molar-refractivity contribution in [3.63, 3.8) is 0 Å². The zero-order valence-electron chi connectivity index (χ0n) is 11.7. The maximum Gasteiger partial charge on any atom is 0.488 e. The number of hydrogen-bond donors (Lipinski definition) is 4. The summed E-state index contributed by atoms with van der Waals surface area (Å²) in [6.45, 7) is 3.49. The van der Waals surface area contributed by atoms with Gasteiger partial charge in [-0.2, -0.15) is 0 Å². The van der Waals surface area contributed by atoms with Crippen molar-refractivity contribution in [3.05, 3.63) is 35.6 Å². The molecule has 1 heterocycles. The molecule has 7 nitrogen and oxygen atoms in total. The normalized spacial score (nSPS) is 20.2. The molecule has 0 unspecified atom stereocenters. The van der Waals surface area contributed by atoms with E-state index in [1.807, 2.05) is 0 Å². The average molecular weight is 279 g/mol. The van der Waals surface area contributed by atoms with E-state index >= 15 is 0 Å². The lowest BCUT2D eigenvalue weighted by Gasteiger charge is -2.32. The molecule has 1 atom stereocenters. The molecule has 0 aromatic carbocycles. The lowest BCUT2D eigenvalue weighted by Crippen LogP contribution is -2.50. The van der Waals surface area contributed by atoms with Gasteiger partial charge in [-0.15, -0.1) is 0 Å². The predicted molar refractivity (Wildman–Crippen MR) is 78.2 cm³/mol. The van der Waals surface area contributed by atoms with Crippen LogP contribution in [-0.2, 0) is 9.45 Å². The van der Waals surface area contributed by atoms with Gasteiger partial charge in [0.05, 0.1) is 11.7 Å². The molecular formula is C11H19B2N3O4. The SMILES string of the molecule is C=C/C(=C\C1=C(N)C[C@@H](NBOC)C(=O)N1C)B(O)O. The van der Waals surface area contributed by atoms with E-state index in [9.17, 15) is 4.79 Å². The third-order valence-electron chi connectivity index (χ3n) is 3.05. The number of nitrogens with zero attached hydrogens (tertiary/aromatic N) is 1. The van der Waals surface area contributed by atoms with Crippen molar-refractivity contribution in [2.45, 2.75) is 12.5 Å². The fraction of sp³-hybridized carbons (Fsp3) is 0.364. The van der Waals surface area contributed by atoms with Crippen LogP contribution in [0.2, 0.25) is 0 Å². The first kappa shape index (κ1) is 16.5. The number of carbonyl (C=O) groups is 1. The van der Waals surface area contributed by atoms with Crippen molar-refractivity contribution in [1.29, 1.82) is 0 Å². The van der Waals surface area contributed by atoms with Gasteiger partial charge < -0.3 is 30.6 Å². The Morgan fingerprint density at radius 3 is 2.85 bits per heavy atom. The topological polar surface area (TPSA) is 108 Å². The Bertz CT molecular complexity index is 451. The number of likely N-dealkylation sites (N-methyl/N-ethyl adjacent to an activating group) is 1. The number of rotatable bonds is 6. The Morgan fingerprint density at radius 1 is 1.70 bits per heavy atom. The molecule has 20 heavy (non-hydrogen) atoms. The second-order valence-electron chi connectivity index (χ2n) is 4.42. The Hall–Kier alpha value is -1.54. The molecule has 0 saturated heterocycles. The quantitative estimate of drug-likeness (QED) is 0.331. The summed E-state index contributed by atoms with van der Waals surface area (Å²) in [4.78, 5) is 13.5. The zero-order valence-corrected chi connectivity index (χ0v) is 11.7. The van der Waals surface area contributed by atoms with E-state index in [1.54, 1.807) is 7.05 Å². The largest absolute Gasteiger partial charge is 0.488 e. The summed E-state index contributed by atoms with van der Waals surface area (Å²) < 4.78 is 4.87. The Morgan fingerprint density at radius 2 is 2.35 bits per heavy atom. The van der Waals surface area contributed by atoms with E-state index < -0.39 is 13.2 Å². The number of nitrogens with two attached hydrogens (primary N) is 1. The Kier molecular flexibility index (Phi) is 6.03. The molecule has 5 N–H and O–H groups in total. The highest BCUT2D eigenvalue weighted by atomic mass is 16.4. The molecular weight excluding hydrogens is 260 g/mol. The average Bonchev–Trinajstić information content (AvgIpc) is 2.41. The number of hydrogen-bond acceptors (Lipinski definition) is 6. The third kappa shape index (κ3) is 3.73. The van der Waals surface area contributed by atoms with Crippen LogP contribution in [0.4, 0.5) is 0 Å². The van der Waals surface area contributed by atoms with Crippen LogP contribution in [0.1, 0.15) is 6.42 Å². The van der Waals surface area contributed by atoms with Crippen LogP contribution in [0.15, 0.2) is 35.6 Å². The van der Waals surface area contributed by atoms with E-state index in [2.05, 4.69) is 11.8 Å². The van der Waals surface area contributed by atoms with Gasteiger partial charge in [-0.05, 0) is 11.5 Å². The fourth-order valence-corrected chi connectivity index (χ4v) is 1.91. The smallest absolute Gasteiger partial charge is 0.427 e. The number of nitrogens with one attached hydrogen (secondary N) is 1. The second kappa shape index (κ2) is 7.30. The van der Waals surface area contributed by atoms with Crippen molar-refractivity contribution < 1.29 is 19.5 Å². The number of allylic oxidation sites excluding steroid dienone is 3. The monoisotopic (exact) mass is 279 g/mol. The van der Waals surface area contributed by atoms with Gasteiger partial charge in [0.15, 0.2) is 0 Å². The molecule has 1 aliphatic rings. The van der Waals surface area contributed by atoms with Crippen LogP contribution in [0.3, 0.4) is 0 Å². The molecule has 1 amide bonds. The van der Waals surface area contributed by atoms with Crippen LogP contribution in [0, 0.1) is 0 Å². The van der Waals surface area contributed by atoms with E-state index in [0.29, 0.717) is 17.8 Å². The molecule has 0 saturated carbocycles. The number of carbonyl (C=O) groups excluding carboxylic acids is 1. The van der Waals surface area contributed by atoms with Gasteiger partial charge in [0.25, 0.3) is 0 Å². The van der Waals surface area contributed by atoms with Gasteiger partial charge >= 0.3 is 14.7 Å². The van der Waals surface area contributed by atoms with Crippen molar-refractivity contribution in [2.75, 3.05) is 14.2 Å². The molecule has 0 bridgehead atoms. The summed E-state index contributed by atoms with van der Waals surface area (Å²) in [5.41, 5.74) is 7.04. The second-order valence-corrected chi connectivity index (χ2v) is 4.42. The van der Waals surface area contributed by atoms with Crippen molar-refractivity contribution in [3.8, 4) is 0 Å². The van der Waals surface area contributed by atoms with Gasteiger partial charge in [-0.25, -0.2) is 0 Å². The summed E-state index contributed by atoms with van der Waals surface area (Å²) in [5.74, 6) is -0.168. The van der Waals surface area contributed by atoms with Crippen molar-refractivity contribution >= 4 is 20.6 Å². The highest BCUT2D eigenvalue weighted by molar-refractivity contribution is 6.51. The molecule has 0 aromatic rings. The van der Waals surface area contributed by atoms with E-state index in [4.69, 9.17) is 20.4 Å². The molecule has 108 valence electrons. The van der Waals surface area contributed by atoms with Crippen LogP contribution in [0.5, 0.6) is 0 Å². The third-order valence-corrected chi connectivity index (χ3v) is 3.05. The van der Waals surface area contributed by atoms with Gasteiger partial charge in [0.2, 0.25) is 5.91 Å². The van der Waals surface area contributed by atoms with Crippen LogP contribution in [-0.4, -0.2) is 55.8 Å². The summed E-state index contributed by atoms with van der Waals surface area (Å²) >= 11 is 0. The highest BCUT2D eigenvalue weighted by Crippen LogP contribution is 2.21. The van der Waals surface area contributed by atoms with Gasteiger partial charge in [0.1, 0.15) is 0 Å². The van der Waals surface area contributed by atoms with Crippen molar-refractivity contribution in [1.82, 2.24) is 10.1 Å². The minimum atomic E-state index is -1.67. The molecule has 0 fully saturated rings. The summed E-state index contributed by atoms with van der Waals surface area (Å²) in [6.07, 6.45) is 3.07. The molecule has 1 rings (SSSR count). The number of amides is 1. The fourth-order valence-electron chi connectivity index (χ4n) is 1.91. The lowest BCUT2D eigenvalue weighted by atomic mass is 9.78. The molecule has 1 aliphatic heterocycles. The van der Waals surface area contributed by atoms with Gasteiger partial charge in [-0.3, -0.25) is 4.79 Å². The summed E-state index contributed by atoms with van der Waals surface area (Å²) in [6, 6.07) is -0.455. The minimum Gasteiger partial charge on any atom is -0.427 e. The van der Waals surface area contributed by atoms with E-state index in [0.717, 1.165) is 0 Å². The maximum atomic E-state index is 12.2. The van der Waals surface area contributed by atoms with Crippen LogP contribution in [0.25, 0.3) is 0 Å². The molecule has 9 heteroatoms. The van der Waals surface area contributed by atoms with Crippen LogP contribution < -0.4 is 11.0 Å². The molecule has 0 aliphatic carbocycles. The Balaban J connectivity index is 3.02. The summed E-state index contributed by atoms with van der Waals surface area (Å²) in [5, 5.41) is 21.3. The predicted octanol–water partition coefficient (Wildman–Crippen LogP) is -1.99. The summed E-state index contributed by atoms with van der Waals surface area (Å²) in [7, 11) is 1.68. The van der Waals surface area contributed by atoms with Crippen LogP contribution >= 0.6 is 0 Å². The first-order valence-corrected chi connectivity index (χ1v) is 6.11. The van der Waals surface area contributed by atoms with E-state index in [-0.39, 0.29) is 19.0 Å². The van der Waals surface area contributed by atoms with Gasteiger partial charge in [0, 0.05) is 26.3 Å². The minimum absolute atomic E-state index is 0.168. The standard InChI is InChI=1S/C11H19B2N3O4/c1-4-7(13(18)19)5-10-8(14)6-9(15-12-20-3)11(17)16(10)2/h4-5,9,12,15,18-19H,1,6,14H2,2-3H3/b7-5+/t9-/m1/s1. The Labute approximate surface area is 119 Å². The molecule has 0 radical (unpaired) electrons. The highest BCUT2D eigenvalue weighted by Gasteiger charge is 2.31. The first-order chi connectivity index (χ1) is 9.42. The van der Waals surface area contributed by atoms with Gasteiger partial charge in [-0.1, -0.05) is 12.7 Å². The lowest BCUT2D eigenvalue weighted by molar-refractivity contribution is -0.130.